The van der Waals surface area contributed by atoms with Gasteiger partial charge in [0.1, 0.15) is 0 Å². The highest BCUT2D eigenvalue weighted by molar-refractivity contribution is 7.80. The number of anilines is 1. The second kappa shape index (κ2) is 11.7. The van der Waals surface area contributed by atoms with Crippen molar-refractivity contribution in [1.29, 1.82) is 0 Å². The monoisotopic (exact) mass is 445 g/mol. The van der Waals surface area contributed by atoms with Crippen LogP contribution in [0.5, 0.6) is 0 Å². The van der Waals surface area contributed by atoms with Crippen LogP contribution in [-0.2, 0) is 17.7 Å². The number of halogens is 1. The number of hydrogen-bond donors (Lipinski definition) is 1. The summed E-state index contributed by atoms with van der Waals surface area (Å²) >= 11 is 12.1. The van der Waals surface area contributed by atoms with E-state index < -0.39 is 0 Å². The Kier molecular flexibility index (Phi) is 8.94. The van der Waals surface area contributed by atoms with Gasteiger partial charge in [-0.2, -0.15) is 0 Å². The summed E-state index contributed by atoms with van der Waals surface area (Å²) in [6.45, 7) is 10.6. The van der Waals surface area contributed by atoms with E-state index in [1.807, 2.05) is 25.1 Å². The first kappa shape index (κ1) is 23.0. The van der Waals surface area contributed by atoms with Crippen LogP contribution in [0.4, 0.5) is 5.69 Å². The predicted octanol–water partition coefficient (Wildman–Crippen LogP) is 5.13. The van der Waals surface area contributed by atoms with Crippen LogP contribution in [0.25, 0.3) is 0 Å². The first-order valence-electron chi connectivity index (χ1n) is 10.7. The molecule has 0 bridgehead atoms. The molecule has 2 aromatic carbocycles. The Morgan fingerprint density at radius 1 is 1.13 bits per heavy atom. The number of nitrogens with zero attached hydrogens (tertiary/aromatic N) is 2. The van der Waals surface area contributed by atoms with E-state index >= 15 is 0 Å². The molecule has 4 nitrogen and oxygen atoms in total. The number of benzene rings is 2. The molecule has 0 saturated carbocycles. The third-order valence-electron chi connectivity index (χ3n) is 5.52. The quantitative estimate of drug-likeness (QED) is 0.568. The van der Waals surface area contributed by atoms with E-state index in [2.05, 4.69) is 46.3 Å². The minimum Gasteiger partial charge on any atom is -0.379 e. The summed E-state index contributed by atoms with van der Waals surface area (Å²) in [5, 5.41) is 4.86. The molecule has 1 N–H and O–H groups in total. The van der Waals surface area contributed by atoms with Crippen molar-refractivity contribution < 1.29 is 4.74 Å². The summed E-state index contributed by atoms with van der Waals surface area (Å²) in [6, 6.07) is 14.8. The minimum absolute atomic E-state index is 0.733. The molecule has 1 aliphatic rings. The van der Waals surface area contributed by atoms with Gasteiger partial charge in [0.2, 0.25) is 0 Å². The minimum atomic E-state index is 0.733. The van der Waals surface area contributed by atoms with Gasteiger partial charge in [-0.1, -0.05) is 48.9 Å². The predicted molar refractivity (Wildman–Crippen MR) is 131 cm³/mol. The number of thiocarbonyl (C=S) groups is 1. The van der Waals surface area contributed by atoms with Gasteiger partial charge in [0.05, 0.1) is 13.2 Å². The second-order valence-electron chi connectivity index (χ2n) is 7.79. The van der Waals surface area contributed by atoms with Gasteiger partial charge in [-0.25, -0.2) is 0 Å². The van der Waals surface area contributed by atoms with E-state index in [0.717, 1.165) is 80.2 Å². The van der Waals surface area contributed by atoms with Gasteiger partial charge in [-0.05, 0) is 60.8 Å². The molecule has 30 heavy (non-hydrogen) atoms. The fourth-order valence-corrected chi connectivity index (χ4v) is 3.99. The van der Waals surface area contributed by atoms with Crippen LogP contribution < -0.4 is 5.32 Å². The smallest absolute Gasteiger partial charge is 0.173 e. The molecule has 6 heteroatoms. The normalized spacial score (nSPS) is 14.5. The number of ether oxygens (including phenoxy) is 1. The van der Waals surface area contributed by atoms with E-state index in [1.54, 1.807) is 0 Å². The lowest BCUT2D eigenvalue weighted by molar-refractivity contribution is 0.0368. The Labute approximate surface area is 191 Å². The fraction of sp³-hybridized carbons (Fsp3) is 0.458. The van der Waals surface area contributed by atoms with E-state index in [9.17, 15) is 0 Å². The Hall–Kier alpha value is -1.66. The first-order chi connectivity index (χ1) is 14.5. The number of morpholine rings is 1. The lowest BCUT2D eigenvalue weighted by atomic mass is 10.1. The van der Waals surface area contributed by atoms with Gasteiger partial charge in [0, 0.05) is 43.4 Å². The molecule has 1 aliphatic heterocycles. The van der Waals surface area contributed by atoms with Gasteiger partial charge < -0.3 is 15.0 Å². The van der Waals surface area contributed by atoms with Gasteiger partial charge in [-0.15, -0.1) is 0 Å². The molecule has 3 rings (SSSR count). The van der Waals surface area contributed by atoms with Gasteiger partial charge in [0.25, 0.3) is 0 Å². The zero-order chi connectivity index (χ0) is 21.3. The Morgan fingerprint density at radius 3 is 2.50 bits per heavy atom. The molecule has 162 valence electrons. The van der Waals surface area contributed by atoms with Crippen molar-refractivity contribution in [2.24, 2.45) is 0 Å². The van der Waals surface area contributed by atoms with Crippen molar-refractivity contribution >= 4 is 34.6 Å². The van der Waals surface area contributed by atoms with E-state index in [4.69, 9.17) is 28.6 Å². The number of rotatable bonds is 8. The highest BCUT2D eigenvalue weighted by Crippen LogP contribution is 2.21. The third kappa shape index (κ3) is 6.95. The molecule has 0 amide bonds. The van der Waals surface area contributed by atoms with Crippen molar-refractivity contribution in [2.75, 3.05) is 44.7 Å². The van der Waals surface area contributed by atoms with Crippen LogP contribution in [0.3, 0.4) is 0 Å². The second-order valence-corrected chi connectivity index (χ2v) is 8.59. The molecular formula is C24H32ClN3OS. The van der Waals surface area contributed by atoms with Crippen molar-refractivity contribution in [3.05, 3.63) is 64.2 Å². The van der Waals surface area contributed by atoms with E-state index in [1.165, 1.54) is 11.1 Å². The lowest BCUT2D eigenvalue weighted by Gasteiger charge is -2.30. The molecule has 1 heterocycles. The molecule has 2 aromatic rings. The highest BCUT2D eigenvalue weighted by Gasteiger charge is 2.14. The average Bonchev–Trinajstić information content (AvgIpc) is 2.77. The maximum atomic E-state index is 6.29. The standard InChI is InChI=1S/C24H32ClN3OS/c1-3-20-6-8-21(9-7-20)18-28(12-4-11-27-13-15-29-16-14-27)24(30)26-22-10-5-19(2)23(25)17-22/h5-10,17H,3-4,11-16,18H2,1-2H3,(H,26,30). The zero-order valence-electron chi connectivity index (χ0n) is 18.0. The molecule has 0 aromatic heterocycles. The zero-order valence-corrected chi connectivity index (χ0v) is 19.6. The van der Waals surface area contributed by atoms with Crippen LogP contribution >= 0.6 is 23.8 Å². The van der Waals surface area contributed by atoms with Gasteiger partial charge in [0.15, 0.2) is 5.11 Å². The maximum Gasteiger partial charge on any atom is 0.173 e. The highest BCUT2D eigenvalue weighted by atomic mass is 35.5. The molecule has 0 atom stereocenters. The number of aryl methyl sites for hydroxylation is 2. The Bertz CT molecular complexity index is 822. The average molecular weight is 446 g/mol. The summed E-state index contributed by atoms with van der Waals surface area (Å²) in [7, 11) is 0. The molecule has 0 spiro atoms. The Morgan fingerprint density at radius 2 is 1.83 bits per heavy atom. The van der Waals surface area contributed by atoms with Crippen LogP contribution in [0, 0.1) is 6.92 Å². The SMILES string of the molecule is CCc1ccc(CN(CCCN2CCOCC2)C(=S)Nc2ccc(C)c(Cl)c2)cc1. The number of hydrogen-bond acceptors (Lipinski definition) is 3. The van der Waals surface area contributed by atoms with Crippen LogP contribution in [0.15, 0.2) is 42.5 Å². The van der Waals surface area contributed by atoms with E-state index in [-0.39, 0.29) is 0 Å². The first-order valence-corrected chi connectivity index (χ1v) is 11.5. The summed E-state index contributed by atoms with van der Waals surface area (Å²) in [5.74, 6) is 0. The van der Waals surface area contributed by atoms with Gasteiger partial charge in [-0.3, -0.25) is 4.90 Å². The molecule has 1 fully saturated rings. The Balaban J connectivity index is 1.64. The molecule has 0 radical (unpaired) electrons. The topological polar surface area (TPSA) is 27.7 Å². The van der Waals surface area contributed by atoms with Crippen molar-refractivity contribution in [3.8, 4) is 0 Å². The van der Waals surface area contributed by atoms with Crippen molar-refractivity contribution in [3.63, 3.8) is 0 Å². The maximum absolute atomic E-state index is 6.29. The molecule has 0 unspecified atom stereocenters. The van der Waals surface area contributed by atoms with Gasteiger partial charge >= 0.3 is 0 Å². The summed E-state index contributed by atoms with van der Waals surface area (Å²) in [6.07, 6.45) is 2.11. The summed E-state index contributed by atoms with van der Waals surface area (Å²) in [4.78, 5) is 4.72. The molecule has 1 saturated heterocycles. The molecular weight excluding hydrogens is 414 g/mol. The number of nitrogens with one attached hydrogen (secondary N) is 1. The molecule has 0 aliphatic carbocycles. The largest absolute Gasteiger partial charge is 0.379 e. The van der Waals surface area contributed by atoms with Crippen molar-refractivity contribution in [2.45, 2.75) is 33.2 Å². The lowest BCUT2D eigenvalue weighted by Crippen LogP contribution is -2.40. The van der Waals surface area contributed by atoms with Crippen molar-refractivity contribution in [1.82, 2.24) is 9.80 Å². The third-order valence-corrected chi connectivity index (χ3v) is 6.29. The van der Waals surface area contributed by atoms with E-state index in [0.29, 0.717) is 0 Å². The summed E-state index contributed by atoms with van der Waals surface area (Å²) in [5.41, 5.74) is 4.61. The fourth-order valence-electron chi connectivity index (χ4n) is 3.54. The van der Waals surface area contributed by atoms with Crippen LogP contribution in [0.2, 0.25) is 5.02 Å². The summed E-state index contributed by atoms with van der Waals surface area (Å²) < 4.78 is 5.45. The van der Waals surface area contributed by atoms with Crippen LogP contribution in [-0.4, -0.2) is 54.3 Å². The van der Waals surface area contributed by atoms with Crippen LogP contribution in [0.1, 0.15) is 30.0 Å².